The van der Waals surface area contributed by atoms with Crippen LogP contribution in [0.15, 0.2) is 37.1 Å². The molecular weight excluding hydrogens is 329 g/mol. The van der Waals surface area contributed by atoms with Gasteiger partial charge in [0.1, 0.15) is 0 Å². The Balaban J connectivity index is 5.71. The number of ether oxygens (including phenoxy) is 2. The second-order valence-electron chi connectivity index (χ2n) is 6.16. The number of halogens is 3. The Hall–Kier alpha value is -1.23. The zero-order valence-corrected chi connectivity index (χ0v) is 15.7. The molecule has 0 heterocycles. The van der Waals surface area contributed by atoms with Crippen LogP contribution >= 0.6 is 0 Å². The first-order chi connectivity index (χ1) is 11.8. The van der Waals surface area contributed by atoms with Crippen molar-refractivity contribution in [1.82, 2.24) is 0 Å². The molecule has 0 bridgehead atoms. The maximum atomic E-state index is 15.1. The molecule has 146 valence electrons. The molecule has 0 fully saturated rings. The van der Waals surface area contributed by atoms with Crippen LogP contribution in [0.25, 0.3) is 0 Å². The Morgan fingerprint density at radius 3 is 2.24 bits per heavy atom. The third-order valence-electron chi connectivity index (χ3n) is 3.94. The molecule has 1 atom stereocenters. The van der Waals surface area contributed by atoms with Gasteiger partial charge in [-0.25, -0.2) is 0 Å². The first-order valence-electron chi connectivity index (χ1n) is 9.04. The highest BCUT2D eigenvalue weighted by atomic mass is 19.3. The zero-order valence-electron chi connectivity index (χ0n) is 15.7. The van der Waals surface area contributed by atoms with E-state index in [0.29, 0.717) is 32.1 Å². The Bertz CT molecular complexity index is 421. The van der Waals surface area contributed by atoms with Crippen molar-refractivity contribution in [3.05, 3.63) is 37.1 Å². The lowest BCUT2D eigenvalue weighted by atomic mass is 9.84. The van der Waals surface area contributed by atoms with E-state index in [9.17, 15) is 4.39 Å². The summed E-state index contributed by atoms with van der Waals surface area (Å²) in [5.74, 6) is 0.284. The van der Waals surface area contributed by atoms with E-state index in [4.69, 9.17) is 9.47 Å². The van der Waals surface area contributed by atoms with Gasteiger partial charge in [-0.05, 0) is 37.7 Å². The minimum atomic E-state index is -3.62. The van der Waals surface area contributed by atoms with Crippen molar-refractivity contribution < 1.29 is 22.6 Å². The second kappa shape index (κ2) is 12.2. The summed E-state index contributed by atoms with van der Waals surface area (Å²) in [5, 5.41) is 0. The predicted octanol–water partition coefficient (Wildman–Crippen LogP) is 6.74. The number of hydrogen-bond acceptors (Lipinski definition) is 2. The summed E-state index contributed by atoms with van der Waals surface area (Å²) in [7, 11) is 0. The lowest BCUT2D eigenvalue weighted by Gasteiger charge is -2.42. The van der Waals surface area contributed by atoms with Crippen LogP contribution < -0.4 is 0 Å². The van der Waals surface area contributed by atoms with Crippen LogP contribution in [-0.2, 0) is 9.47 Å². The predicted molar refractivity (Wildman–Crippen MR) is 97.5 cm³/mol. The normalized spacial score (nSPS) is 14.0. The maximum Gasteiger partial charge on any atom is 0.399 e. The molecular formula is C20H33F3O2. The molecule has 0 saturated heterocycles. The number of unbranched alkanes of at least 4 members (excludes halogenated alkanes) is 1. The smallest absolute Gasteiger partial charge is 0.399 e. The SMILES string of the molecule is C=CCCCC(OC(=C)CCC)(C(=C)CCC)C(F)(F)OCCCF. The van der Waals surface area contributed by atoms with Crippen LogP contribution in [0.1, 0.15) is 65.2 Å². The Kier molecular flexibility index (Phi) is 11.6. The van der Waals surface area contributed by atoms with Gasteiger partial charge in [-0.2, -0.15) is 8.78 Å². The van der Waals surface area contributed by atoms with Crippen LogP contribution in [0.4, 0.5) is 13.2 Å². The van der Waals surface area contributed by atoms with Gasteiger partial charge in [0.05, 0.1) is 19.0 Å². The van der Waals surface area contributed by atoms with Crippen molar-refractivity contribution in [2.24, 2.45) is 0 Å². The lowest BCUT2D eigenvalue weighted by molar-refractivity contribution is -0.324. The highest BCUT2D eigenvalue weighted by molar-refractivity contribution is 5.19. The standard InChI is InChI=1S/C20H33F3O2/c1-6-9-10-14-19(17(4)12-7-2,25-18(5)13-8-3)20(22,23)24-16-11-15-21/h6H,1,4-5,7-16H2,2-3H3. The number of hydrogen-bond donors (Lipinski definition) is 0. The van der Waals surface area contributed by atoms with Crippen LogP contribution in [-0.4, -0.2) is 25.0 Å². The minimum Gasteiger partial charge on any atom is -0.479 e. The van der Waals surface area contributed by atoms with Crippen molar-refractivity contribution in [2.75, 3.05) is 13.3 Å². The summed E-state index contributed by atoms with van der Waals surface area (Å²) in [6.07, 6.45) is 1.28. The van der Waals surface area contributed by atoms with Crippen molar-refractivity contribution in [3.63, 3.8) is 0 Å². The second-order valence-corrected chi connectivity index (χ2v) is 6.16. The van der Waals surface area contributed by atoms with Crippen LogP contribution in [0.3, 0.4) is 0 Å². The van der Waals surface area contributed by atoms with E-state index in [1.807, 2.05) is 13.8 Å². The molecule has 0 aromatic carbocycles. The summed E-state index contributed by atoms with van der Waals surface area (Å²) in [6, 6.07) is 0. The van der Waals surface area contributed by atoms with Gasteiger partial charge in [0.15, 0.2) is 0 Å². The molecule has 0 spiro atoms. The average molecular weight is 362 g/mol. The first kappa shape index (κ1) is 23.8. The number of allylic oxidation sites excluding steroid dienone is 2. The number of rotatable bonds is 16. The largest absolute Gasteiger partial charge is 0.479 e. The molecule has 0 aromatic heterocycles. The van der Waals surface area contributed by atoms with Gasteiger partial charge in [-0.15, -0.1) is 6.58 Å². The molecule has 0 saturated carbocycles. The van der Waals surface area contributed by atoms with E-state index in [1.165, 1.54) is 0 Å². The van der Waals surface area contributed by atoms with Gasteiger partial charge in [0.25, 0.3) is 0 Å². The van der Waals surface area contributed by atoms with Gasteiger partial charge < -0.3 is 9.47 Å². The van der Waals surface area contributed by atoms with Crippen LogP contribution in [0, 0.1) is 0 Å². The van der Waals surface area contributed by atoms with Crippen molar-refractivity contribution in [3.8, 4) is 0 Å². The summed E-state index contributed by atoms with van der Waals surface area (Å²) in [5.41, 5.74) is -1.71. The van der Waals surface area contributed by atoms with Crippen molar-refractivity contribution in [1.29, 1.82) is 0 Å². The summed E-state index contributed by atoms with van der Waals surface area (Å²) >= 11 is 0. The minimum absolute atomic E-state index is 0.0310. The Labute approximate surface area is 150 Å². The average Bonchev–Trinajstić information content (AvgIpc) is 2.54. The molecule has 2 nitrogen and oxygen atoms in total. The number of alkyl halides is 3. The molecule has 0 rings (SSSR count). The van der Waals surface area contributed by atoms with E-state index in [1.54, 1.807) is 6.08 Å². The molecule has 0 aliphatic heterocycles. The fourth-order valence-electron chi connectivity index (χ4n) is 2.66. The van der Waals surface area contributed by atoms with Gasteiger partial charge >= 0.3 is 6.11 Å². The molecule has 5 heteroatoms. The monoisotopic (exact) mass is 362 g/mol. The molecule has 0 aliphatic carbocycles. The maximum absolute atomic E-state index is 15.1. The van der Waals surface area contributed by atoms with E-state index in [2.05, 4.69) is 19.7 Å². The van der Waals surface area contributed by atoms with Gasteiger partial charge in [0.2, 0.25) is 5.60 Å². The van der Waals surface area contributed by atoms with Crippen LogP contribution in [0.2, 0.25) is 0 Å². The molecule has 0 amide bonds. The van der Waals surface area contributed by atoms with Crippen LogP contribution in [0.5, 0.6) is 0 Å². The zero-order chi connectivity index (χ0) is 19.3. The Morgan fingerprint density at radius 2 is 1.72 bits per heavy atom. The van der Waals surface area contributed by atoms with E-state index < -0.39 is 18.4 Å². The van der Waals surface area contributed by atoms with E-state index in [0.717, 1.165) is 6.42 Å². The first-order valence-corrected chi connectivity index (χ1v) is 9.04. The quantitative estimate of drug-likeness (QED) is 0.172. The van der Waals surface area contributed by atoms with Gasteiger partial charge in [0, 0.05) is 12.8 Å². The van der Waals surface area contributed by atoms with Crippen molar-refractivity contribution >= 4 is 0 Å². The summed E-state index contributed by atoms with van der Waals surface area (Å²) in [6.45, 7) is 14.0. The topological polar surface area (TPSA) is 18.5 Å². The van der Waals surface area contributed by atoms with E-state index >= 15 is 8.78 Å². The lowest BCUT2D eigenvalue weighted by Crippen LogP contribution is -2.53. The summed E-state index contributed by atoms with van der Waals surface area (Å²) < 4.78 is 53.0. The molecule has 0 N–H and O–H groups in total. The molecule has 25 heavy (non-hydrogen) atoms. The fourth-order valence-corrected chi connectivity index (χ4v) is 2.66. The molecule has 0 aromatic rings. The van der Waals surface area contributed by atoms with Gasteiger partial charge in [-0.3, -0.25) is 4.39 Å². The molecule has 0 radical (unpaired) electrons. The Morgan fingerprint density at radius 1 is 1.08 bits per heavy atom. The molecule has 0 aliphatic rings. The van der Waals surface area contributed by atoms with Crippen molar-refractivity contribution in [2.45, 2.75) is 76.9 Å². The molecule has 1 unspecified atom stereocenters. The third-order valence-corrected chi connectivity index (χ3v) is 3.94. The summed E-state index contributed by atoms with van der Waals surface area (Å²) in [4.78, 5) is 0. The third kappa shape index (κ3) is 7.27. The highest BCUT2D eigenvalue weighted by Crippen LogP contribution is 2.45. The fraction of sp³-hybridized carbons (Fsp3) is 0.700. The highest BCUT2D eigenvalue weighted by Gasteiger charge is 2.58. The van der Waals surface area contributed by atoms with E-state index in [-0.39, 0.29) is 30.8 Å². The van der Waals surface area contributed by atoms with Gasteiger partial charge in [-0.1, -0.05) is 39.5 Å².